The third kappa shape index (κ3) is 3.37. The van der Waals surface area contributed by atoms with Gasteiger partial charge in [-0.3, -0.25) is 4.68 Å². The lowest BCUT2D eigenvalue weighted by Gasteiger charge is -2.10. The van der Waals surface area contributed by atoms with E-state index in [-0.39, 0.29) is 5.97 Å². The summed E-state index contributed by atoms with van der Waals surface area (Å²) in [5.41, 5.74) is 2.64. The maximum absolute atomic E-state index is 12.1. The molecule has 3 rings (SSSR count). The second-order valence-corrected chi connectivity index (χ2v) is 6.85. The summed E-state index contributed by atoms with van der Waals surface area (Å²) in [5, 5.41) is 11.8. The number of hydrogen-bond donors (Lipinski definition) is 2. The van der Waals surface area contributed by atoms with Crippen molar-refractivity contribution in [3.05, 3.63) is 34.0 Å². The first-order valence-electron chi connectivity index (χ1n) is 7.34. The molecule has 0 aromatic carbocycles. The summed E-state index contributed by atoms with van der Waals surface area (Å²) in [4.78, 5) is 13.3. The van der Waals surface area contributed by atoms with Gasteiger partial charge < -0.3 is 15.4 Å². The van der Waals surface area contributed by atoms with E-state index >= 15 is 0 Å². The molecule has 23 heavy (non-hydrogen) atoms. The number of esters is 1. The molecule has 2 N–H and O–H groups in total. The maximum Gasteiger partial charge on any atom is 0.341 e. The zero-order valence-electron chi connectivity index (χ0n) is 13.0. The first kappa shape index (κ1) is 15.9. The number of nitrogens with one attached hydrogen (secondary N) is 2. The third-order valence-corrected chi connectivity index (χ3v) is 5.19. The number of aryl methyl sites for hydroxylation is 2. The van der Waals surface area contributed by atoms with Crippen molar-refractivity contribution in [2.75, 3.05) is 12.4 Å². The Morgan fingerprint density at radius 2 is 2.35 bits per heavy atom. The minimum atomic E-state index is -0.306. The fraction of sp³-hybridized carbons (Fsp3) is 0.400. The molecule has 0 saturated heterocycles. The van der Waals surface area contributed by atoms with Gasteiger partial charge in [-0.05, 0) is 43.1 Å². The monoisotopic (exact) mass is 350 g/mol. The normalized spacial score (nSPS) is 12.8. The molecular formula is C15H18N4O2S2. The number of methoxy groups -OCH3 is 1. The molecule has 0 bridgehead atoms. The van der Waals surface area contributed by atoms with E-state index in [2.05, 4.69) is 15.7 Å². The first-order valence-corrected chi connectivity index (χ1v) is 8.57. The van der Waals surface area contributed by atoms with Gasteiger partial charge in [-0.1, -0.05) is 0 Å². The van der Waals surface area contributed by atoms with E-state index in [4.69, 9.17) is 17.0 Å². The van der Waals surface area contributed by atoms with Crippen LogP contribution in [0.5, 0.6) is 0 Å². The zero-order chi connectivity index (χ0) is 16.4. The standard InChI is InChI=1S/C15H18N4O2S2/c1-19-7-6-9(18-19)8-16-15(22)17-13-12(14(20)21-2)10-4-3-5-11(10)23-13/h6-7H,3-5,8H2,1-2H3,(H2,16,17,22). The van der Waals surface area contributed by atoms with E-state index < -0.39 is 0 Å². The summed E-state index contributed by atoms with van der Waals surface area (Å²) < 4.78 is 6.67. The fourth-order valence-electron chi connectivity index (χ4n) is 2.69. The van der Waals surface area contributed by atoms with Crippen LogP contribution in [0, 0.1) is 0 Å². The molecule has 2 heterocycles. The Morgan fingerprint density at radius 3 is 3.04 bits per heavy atom. The molecule has 0 radical (unpaired) electrons. The highest BCUT2D eigenvalue weighted by atomic mass is 32.1. The molecule has 8 heteroatoms. The molecule has 0 saturated carbocycles. The van der Waals surface area contributed by atoms with E-state index in [0.717, 1.165) is 35.5 Å². The number of fused-ring (bicyclic) bond motifs is 1. The van der Waals surface area contributed by atoms with Crippen LogP contribution in [0.1, 0.15) is 32.9 Å². The molecule has 0 unspecified atom stereocenters. The van der Waals surface area contributed by atoms with Crippen molar-refractivity contribution in [1.82, 2.24) is 15.1 Å². The number of hydrogen-bond acceptors (Lipinski definition) is 5. The molecule has 1 aliphatic rings. The minimum Gasteiger partial charge on any atom is -0.465 e. The van der Waals surface area contributed by atoms with Gasteiger partial charge >= 0.3 is 5.97 Å². The molecule has 122 valence electrons. The van der Waals surface area contributed by atoms with E-state index in [1.54, 1.807) is 16.0 Å². The average Bonchev–Trinajstić information content (AvgIpc) is 3.20. The Labute approximate surface area is 143 Å². The Hall–Kier alpha value is -1.93. The lowest BCUT2D eigenvalue weighted by atomic mass is 10.1. The lowest BCUT2D eigenvalue weighted by molar-refractivity contribution is 0.0601. The van der Waals surface area contributed by atoms with Gasteiger partial charge in [0, 0.05) is 18.1 Å². The van der Waals surface area contributed by atoms with Gasteiger partial charge in [-0.25, -0.2) is 4.79 Å². The Bertz CT molecular complexity index is 751. The molecule has 6 nitrogen and oxygen atoms in total. The molecule has 0 aliphatic heterocycles. The minimum absolute atomic E-state index is 0.306. The van der Waals surface area contributed by atoms with Crippen LogP contribution >= 0.6 is 23.6 Å². The lowest BCUT2D eigenvalue weighted by Crippen LogP contribution is -2.28. The summed E-state index contributed by atoms with van der Waals surface area (Å²) in [6.07, 6.45) is 4.91. The zero-order valence-corrected chi connectivity index (χ0v) is 14.6. The van der Waals surface area contributed by atoms with Crippen LogP contribution in [0.15, 0.2) is 12.3 Å². The van der Waals surface area contributed by atoms with E-state index in [1.165, 1.54) is 12.0 Å². The van der Waals surface area contributed by atoms with Crippen LogP contribution < -0.4 is 10.6 Å². The molecular weight excluding hydrogens is 332 g/mol. The highest BCUT2D eigenvalue weighted by Gasteiger charge is 2.27. The number of nitrogens with zero attached hydrogens (tertiary/aromatic N) is 2. The van der Waals surface area contributed by atoms with Crippen LogP contribution in [0.25, 0.3) is 0 Å². The summed E-state index contributed by atoms with van der Waals surface area (Å²) >= 11 is 6.92. The SMILES string of the molecule is COC(=O)c1c(NC(=S)NCc2ccn(C)n2)sc2c1CCC2. The second-order valence-electron chi connectivity index (χ2n) is 5.34. The van der Waals surface area contributed by atoms with Crippen LogP contribution in [-0.4, -0.2) is 28.0 Å². The average molecular weight is 350 g/mol. The summed E-state index contributed by atoms with van der Waals surface area (Å²) in [5.74, 6) is -0.306. The highest BCUT2D eigenvalue weighted by Crippen LogP contribution is 2.39. The number of thiocarbonyl (C=S) groups is 1. The predicted molar refractivity (Wildman–Crippen MR) is 94.0 cm³/mol. The van der Waals surface area contributed by atoms with Crippen LogP contribution in [0.4, 0.5) is 5.00 Å². The maximum atomic E-state index is 12.1. The molecule has 1 aliphatic carbocycles. The molecule has 0 atom stereocenters. The summed E-state index contributed by atoms with van der Waals surface area (Å²) in [6.45, 7) is 0.533. The van der Waals surface area contributed by atoms with Gasteiger partial charge in [0.05, 0.1) is 24.9 Å². The van der Waals surface area contributed by atoms with Gasteiger partial charge in [-0.15, -0.1) is 11.3 Å². The third-order valence-electron chi connectivity index (χ3n) is 3.74. The van der Waals surface area contributed by atoms with Crippen molar-refractivity contribution < 1.29 is 9.53 Å². The van der Waals surface area contributed by atoms with Crippen molar-refractivity contribution in [2.24, 2.45) is 7.05 Å². The quantitative estimate of drug-likeness (QED) is 0.651. The van der Waals surface area contributed by atoms with Gasteiger partial charge in [0.25, 0.3) is 0 Å². The van der Waals surface area contributed by atoms with Gasteiger partial charge in [-0.2, -0.15) is 5.10 Å². The summed E-state index contributed by atoms with van der Waals surface area (Å²) in [7, 11) is 3.28. The van der Waals surface area contributed by atoms with Crippen LogP contribution in [0.2, 0.25) is 0 Å². The molecule has 0 amide bonds. The van der Waals surface area contributed by atoms with Crippen molar-refractivity contribution in [2.45, 2.75) is 25.8 Å². The van der Waals surface area contributed by atoms with Gasteiger partial charge in [0.15, 0.2) is 5.11 Å². The Morgan fingerprint density at radius 1 is 1.52 bits per heavy atom. The van der Waals surface area contributed by atoms with E-state index in [9.17, 15) is 4.79 Å². The number of carbonyl (C=O) groups is 1. The number of anilines is 1. The Kier molecular flexibility index (Phi) is 4.63. The topological polar surface area (TPSA) is 68.2 Å². The van der Waals surface area contributed by atoms with E-state index in [0.29, 0.717) is 17.2 Å². The van der Waals surface area contributed by atoms with Crippen molar-refractivity contribution in [1.29, 1.82) is 0 Å². The predicted octanol–water partition coefficient (Wildman–Crippen LogP) is 2.24. The number of thiophene rings is 1. The molecule has 0 fully saturated rings. The summed E-state index contributed by atoms with van der Waals surface area (Å²) in [6, 6.07) is 1.93. The van der Waals surface area contributed by atoms with Gasteiger partial charge in [0.2, 0.25) is 0 Å². The molecule has 0 spiro atoms. The second kappa shape index (κ2) is 6.67. The largest absolute Gasteiger partial charge is 0.465 e. The van der Waals surface area contributed by atoms with Crippen molar-refractivity contribution in [3.63, 3.8) is 0 Å². The first-order chi connectivity index (χ1) is 11.1. The van der Waals surface area contributed by atoms with Crippen LogP contribution in [0.3, 0.4) is 0 Å². The fourth-order valence-corrected chi connectivity index (χ4v) is 4.21. The number of carbonyl (C=O) groups excluding carboxylic acids is 1. The number of aromatic nitrogens is 2. The molecule has 2 aromatic heterocycles. The van der Waals surface area contributed by atoms with Crippen molar-refractivity contribution in [3.8, 4) is 0 Å². The van der Waals surface area contributed by atoms with Gasteiger partial charge in [0.1, 0.15) is 5.00 Å². The van der Waals surface area contributed by atoms with E-state index in [1.807, 2.05) is 19.3 Å². The number of ether oxygens (including phenoxy) is 1. The number of rotatable bonds is 4. The molecule has 2 aromatic rings. The highest BCUT2D eigenvalue weighted by molar-refractivity contribution is 7.80. The van der Waals surface area contributed by atoms with Crippen LogP contribution in [-0.2, 0) is 31.2 Å². The Balaban J connectivity index is 1.70. The smallest absolute Gasteiger partial charge is 0.341 e. The van der Waals surface area contributed by atoms with Crippen molar-refractivity contribution >= 4 is 39.6 Å².